The summed E-state index contributed by atoms with van der Waals surface area (Å²) in [6.07, 6.45) is 0.904. The molecule has 3 rings (SSSR count). The number of anilines is 1. The Labute approximate surface area is 147 Å². The number of rotatable bonds is 6. The molecule has 0 amide bonds. The fraction of sp³-hybridized carbons (Fsp3) is 0.412. The molecule has 1 fully saturated rings. The summed E-state index contributed by atoms with van der Waals surface area (Å²) in [5.74, 6) is 0.932. The minimum atomic E-state index is -2.82. The standard InChI is InChI=1S/C17H21FN4O2S/c18-15-4-2-14(3-5-15)16-6-7-17(21-20-16)19-8-1-9-22-10-12-25(23,24)13-11-22/h2-7H,1,8-13H2,(H,19,21). The van der Waals surface area contributed by atoms with Gasteiger partial charge < -0.3 is 10.2 Å². The summed E-state index contributed by atoms with van der Waals surface area (Å²) in [5, 5.41) is 11.5. The number of nitrogens with one attached hydrogen (secondary N) is 1. The van der Waals surface area contributed by atoms with Gasteiger partial charge in [0.05, 0.1) is 17.2 Å². The van der Waals surface area contributed by atoms with Gasteiger partial charge in [-0.3, -0.25) is 0 Å². The van der Waals surface area contributed by atoms with Crippen LogP contribution in [0.5, 0.6) is 0 Å². The SMILES string of the molecule is O=S1(=O)CCN(CCCNc2ccc(-c3ccc(F)cc3)nn2)CC1. The van der Waals surface area contributed by atoms with Crippen LogP contribution in [0.3, 0.4) is 0 Å². The molecule has 6 nitrogen and oxygen atoms in total. The lowest BCUT2D eigenvalue weighted by Gasteiger charge is -2.26. The van der Waals surface area contributed by atoms with E-state index >= 15 is 0 Å². The molecule has 1 aliphatic rings. The quantitative estimate of drug-likeness (QED) is 0.788. The van der Waals surface area contributed by atoms with Crippen LogP contribution < -0.4 is 5.32 Å². The molecule has 25 heavy (non-hydrogen) atoms. The molecule has 0 spiro atoms. The summed E-state index contributed by atoms with van der Waals surface area (Å²) < 4.78 is 35.7. The van der Waals surface area contributed by atoms with Crippen LogP contribution in [0.15, 0.2) is 36.4 Å². The lowest BCUT2D eigenvalue weighted by molar-refractivity contribution is 0.294. The number of sulfone groups is 1. The molecule has 2 heterocycles. The molecule has 0 atom stereocenters. The maximum Gasteiger partial charge on any atom is 0.152 e. The number of hydrogen-bond donors (Lipinski definition) is 1. The van der Waals surface area contributed by atoms with Crippen molar-refractivity contribution in [2.45, 2.75) is 6.42 Å². The first-order chi connectivity index (χ1) is 12.0. The molecular formula is C17H21FN4O2S. The highest BCUT2D eigenvalue weighted by atomic mass is 32.2. The van der Waals surface area contributed by atoms with Crippen LogP contribution in [0.1, 0.15) is 6.42 Å². The number of hydrogen-bond acceptors (Lipinski definition) is 6. The molecule has 2 aromatic rings. The molecular weight excluding hydrogens is 343 g/mol. The first-order valence-electron chi connectivity index (χ1n) is 8.28. The van der Waals surface area contributed by atoms with Crippen molar-refractivity contribution >= 4 is 15.7 Å². The third-order valence-electron chi connectivity index (χ3n) is 4.20. The first kappa shape index (κ1) is 17.8. The molecule has 0 bridgehead atoms. The third-order valence-corrected chi connectivity index (χ3v) is 5.81. The smallest absolute Gasteiger partial charge is 0.152 e. The summed E-state index contributed by atoms with van der Waals surface area (Å²) in [6, 6.07) is 9.83. The van der Waals surface area contributed by atoms with Gasteiger partial charge in [0, 0.05) is 25.2 Å². The van der Waals surface area contributed by atoms with Gasteiger partial charge in [0.15, 0.2) is 9.84 Å². The van der Waals surface area contributed by atoms with Crippen molar-refractivity contribution in [3.8, 4) is 11.3 Å². The zero-order valence-corrected chi connectivity index (χ0v) is 14.7. The molecule has 0 aliphatic carbocycles. The maximum atomic E-state index is 12.9. The Morgan fingerprint density at radius 3 is 2.40 bits per heavy atom. The minimum Gasteiger partial charge on any atom is -0.369 e. The second kappa shape index (κ2) is 7.88. The second-order valence-electron chi connectivity index (χ2n) is 6.08. The van der Waals surface area contributed by atoms with Crippen LogP contribution in [0, 0.1) is 5.82 Å². The molecule has 0 saturated carbocycles. The Balaban J connectivity index is 1.42. The van der Waals surface area contributed by atoms with Crippen LogP contribution in [0.25, 0.3) is 11.3 Å². The van der Waals surface area contributed by atoms with Crippen LogP contribution >= 0.6 is 0 Å². The van der Waals surface area contributed by atoms with Crippen molar-refractivity contribution in [2.75, 3.05) is 43.0 Å². The summed E-state index contributed by atoms with van der Waals surface area (Å²) in [7, 11) is -2.82. The zero-order valence-electron chi connectivity index (χ0n) is 13.9. The van der Waals surface area contributed by atoms with Crippen LogP contribution in [0.4, 0.5) is 10.2 Å². The van der Waals surface area contributed by atoms with Crippen molar-refractivity contribution < 1.29 is 12.8 Å². The van der Waals surface area contributed by atoms with Gasteiger partial charge in [-0.15, -0.1) is 10.2 Å². The zero-order chi connectivity index (χ0) is 17.7. The number of benzene rings is 1. The molecule has 1 saturated heterocycles. The van der Waals surface area contributed by atoms with Crippen molar-refractivity contribution in [3.05, 3.63) is 42.2 Å². The number of nitrogens with zero attached hydrogens (tertiary/aromatic N) is 3. The molecule has 0 unspecified atom stereocenters. The Kier molecular flexibility index (Phi) is 5.60. The molecule has 134 valence electrons. The average Bonchev–Trinajstić information content (AvgIpc) is 2.61. The van der Waals surface area contributed by atoms with Crippen molar-refractivity contribution in [1.29, 1.82) is 0 Å². The average molecular weight is 364 g/mol. The van der Waals surface area contributed by atoms with Gasteiger partial charge >= 0.3 is 0 Å². The van der Waals surface area contributed by atoms with E-state index in [1.54, 1.807) is 12.1 Å². The van der Waals surface area contributed by atoms with E-state index in [0.29, 0.717) is 24.6 Å². The van der Waals surface area contributed by atoms with Gasteiger partial charge in [-0.1, -0.05) is 0 Å². The van der Waals surface area contributed by atoms with E-state index in [1.807, 2.05) is 12.1 Å². The Bertz CT molecular complexity index is 780. The monoisotopic (exact) mass is 364 g/mol. The second-order valence-corrected chi connectivity index (χ2v) is 8.39. The Morgan fingerprint density at radius 2 is 1.76 bits per heavy atom. The van der Waals surface area contributed by atoms with E-state index in [9.17, 15) is 12.8 Å². The fourth-order valence-electron chi connectivity index (χ4n) is 2.69. The normalized spacial score (nSPS) is 17.3. The third kappa shape index (κ3) is 5.20. The summed E-state index contributed by atoms with van der Waals surface area (Å²) in [6.45, 7) is 2.85. The minimum absolute atomic E-state index is 0.261. The molecule has 1 aromatic carbocycles. The molecule has 1 aliphatic heterocycles. The van der Waals surface area contributed by atoms with Crippen LogP contribution in [-0.2, 0) is 9.84 Å². The van der Waals surface area contributed by atoms with Gasteiger partial charge in [-0.2, -0.15) is 0 Å². The molecule has 1 aromatic heterocycles. The van der Waals surface area contributed by atoms with Crippen LogP contribution in [0.2, 0.25) is 0 Å². The number of halogens is 1. The molecule has 0 radical (unpaired) electrons. The predicted molar refractivity (Wildman–Crippen MR) is 95.6 cm³/mol. The van der Waals surface area contributed by atoms with Crippen molar-refractivity contribution in [2.24, 2.45) is 0 Å². The van der Waals surface area contributed by atoms with E-state index in [2.05, 4.69) is 20.4 Å². The van der Waals surface area contributed by atoms with Gasteiger partial charge in [0.1, 0.15) is 11.6 Å². The van der Waals surface area contributed by atoms with E-state index < -0.39 is 9.84 Å². The van der Waals surface area contributed by atoms with Crippen molar-refractivity contribution in [3.63, 3.8) is 0 Å². The molecule has 1 N–H and O–H groups in total. The van der Waals surface area contributed by atoms with E-state index in [1.165, 1.54) is 12.1 Å². The van der Waals surface area contributed by atoms with E-state index in [0.717, 1.165) is 25.1 Å². The van der Waals surface area contributed by atoms with Gasteiger partial charge in [-0.25, -0.2) is 12.8 Å². The first-order valence-corrected chi connectivity index (χ1v) is 10.1. The highest BCUT2D eigenvalue weighted by Gasteiger charge is 2.20. The van der Waals surface area contributed by atoms with Gasteiger partial charge in [-0.05, 0) is 49.4 Å². The lowest BCUT2D eigenvalue weighted by Crippen LogP contribution is -2.41. The fourth-order valence-corrected chi connectivity index (χ4v) is 3.97. The van der Waals surface area contributed by atoms with Gasteiger partial charge in [0.25, 0.3) is 0 Å². The van der Waals surface area contributed by atoms with E-state index in [-0.39, 0.29) is 17.3 Å². The summed E-state index contributed by atoms with van der Waals surface area (Å²) >= 11 is 0. The Hall–Kier alpha value is -2.06. The van der Waals surface area contributed by atoms with Crippen LogP contribution in [-0.4, -0.2) is 61.2 Å². The van der Waals surface area contributed by atoms with Crippen molar-refractivity contribution in [1.82, 2.24) is 15.1 Å². The highest BCUT2D eigenvalue weighted by molar-refractivity contribution is 7.91. The predicted octanol–water partition coefficient (Wildman–Crippen LogP) is 1.82. The highest BCUT2D eigenvalue weighted by Crippen LogP contribution is 2.17. The summed E-state index contributed by atoms with van der Waals surface area (Å²) in [4.78, 5) is 2.17. The Morgan fingerprint density at radius 1 is 1.04 bits per heavy atom. The topological polar surface area (TPSA) is 75.2 Å². The summed E-state index contributed by atoms with van der Waals surface area (Å²) in [5.41, 5.74) is 1.51. The maximum absolute atomic E-state index is 12.9. The van der Waals surface area contributed by atoms with Gasteiger partial charge in [0.2, 0.25) is 0 Å². The number of aromatic nitrogens is 2. The molecule has 8 heteroatoms. The van der Waals surface area contributed by atoms with E-state index in [4.69, 9.17) is 0 Å². The largest absolute Gasteiger partial charge is 0.369 e. The lowest BCUT2D eigenvalue weighted by atomic mass is 10.1.